The van der Waals surface area contributed by atoms with Crippen LogP contribution in [0.15, 0.2) is 61.2 Å². The fourth-order valence-electron chi connectivity index (χ4n) is 2.84. The first-order chi connectivity index (χ1) is 13.0. The van der Waals surface area contributed by atoms with Crippen molar-refractivity contribution in [3.05, 3.63) is 78.1 Å². The molecule has 2 amide bonds. The second-order valence-corrected chi connectivity index (χ2v) is 6.41. The number of carbonyl (C=O) groups is 1. The highest BCUT2D eigenvalue weighted by molar-refractivity contribution is 5.75. The summed E-state index contributed by atoms with van der Waals surface area (Å²) in [6.07, 6.45) is 3.10. The van der Waals surface area contributed by atoms with E-state index in [-0.39, 0.29) is 17.9 Å². The number of rotatable bonds is 5. The van der Waals surface area contributed by atoms with Crippen LogP contribution in [-0.2, 0) is 0 Å². The van der Waals surface area contributed by atoms with E-state index in [0.717, 1.165) is 11.3 Å². The highest BCUT2D eigenvalue weighted by atomic mass is 19.1. The quantitative estimate of drug-likeness (QED) is 0.745. The summed E-state index contributed by atoms with van der Waals surface area (Å²) in [6, 6.07) is 13.4. The van der Waals surface area contributed by atoms with Crippen LogP contribution in [0.25, 0.3) is 5.69 Å². The van der Waals surface area contributed by atoms with Gasteiger partial charge in [-0.25, -0.2) is 18.9 Å². The van der Waals surface area contributed by atoms with E-state index < -0.39 is 6.04 Å². The van der Waals surface area contributed by atoms with E-state index in [0.29, 0.717) is 5.56 Å². The van der Waals surface area contributed by atoms with E-state index in [9.17, 15) is 9.18 Å². The van der Waals surface area contributed by atoms with Crippen LogP contribution in [-0.4, -0.2) is 32.7 Å². The Hall–Kier alpha value is -3.22. The van der Waals surface area contributed by atoms with Crippen molar-refractivity contribution in [3.63, 3.8) is 0 Å². The lowest BCUT2D eigenvalue weighted by Gasteiger charge is -2.27. The Morgan fingerprint density at radius 2 is 1.85 bits per heavy atom. The number of amides is 2. The van der Waals surface area contributed by atoms with Gasteiger partial charge in [-0.1, -0.05) is 30.3 Å². The third-order valence-corrected chi connectivity index (χ3v) is 4.67. The molecule has 0 aliphatic heterocycles. The van der Waals surface area contributed by atoms with Crippen LogP contribution in [0.2, 0.25) is 0 Å². The molecule has 1 heterocycles. The van der Waals surface area contributed by atoms with Gasteiger partial charge in [0.15, 0.2) is 0 Å². The van der Waals surface area contributed by atoms with Gasteiger partial charge in [-0.3, -0.25) is 0 Å². The zero-order valence-corrected chi connectivity index (χ0v) is 15.5. The molecule has 2 aromatic carbocycles. The first kappa shape index (κ1) is 18.6. The highest BCUT2D eigenvalue weighted by Gasteiger charge is 2.20. The van der Waals surface area contributed by atoms with Crippen molar-refractivity contribution in [2.45, 2.75) is 25.9 Å². The topological polar surface area (TPSA) is 63.1 Å². The Labute approximate surface area is 157 Å². The molecule has 27 heavy (non-hydrogen) atoms. The number of aromatic nitrogens is 3. The van der Waals surface area contributed by atoms with E-state index in [4.69, 9.17) is 0 Å². The van der Waals surface area contributed by atoms with Crippen molar-refractivity contribution in [1.82, 2.24) is 25.0 Å². The van der Waals surface area contributed by atoms with Crippen molar-refractivity contribution >= 4 is 6.03 Å². The van der Waals surface area contributed by atoms with Crippen LogP contribution < -0.4 is 5.32 Å². The zero-order chi connectivity index (χ0) is 19.4. The van der Waals surface area contributed by atoms with Crippen molar-refractivity contribution in [3.8, 4) is 5.69 Å². The Kier molecular flexibility index (Phi) is 5.49. The first-order valence-electron chi connectivity index (χ1n) is 8.70. The minimum absolute atomic E-state index is 0.150. The number of hydrogen-bond donors (Lipinski definition) is 1. The molecule has 0 radical (unpaired) electrons. The lowest BCUT2D eigenvalue weighted by molar-refractivity contribution is 0.191. The predicted octanol–water partition coefficient (Wildman–Crippen LogP) is 3.87. The molecule has 2 unspecified atom stereocenters. The Morgan fingerprint density at radius 3 is 2.48 bits per heavy atom. The molecule has 7 heteroatoms. The largest absolute Gasteiger partial charge is 0.331 e. The molecule has 0 aliphatic rings. The number of urea groups is 1. The smallest absolute Gasteiger partial charge is 0.318 e. The summed E-state index contributed by atoms with van der Waals surface area (Å²) in [5, 5.41) is 6.94. The van der Waals surface area contributed by atoms with Crippen LogP contribution in [0.4, 0.5) is 9.18 Å². The molecule has 0 fully saturated rings. The van der Waals surface area contributed by atoms with Gasteiger partial charge in [0, 0.05) is 12.6 Å². The second kappa shape index (κ2) is 7.99. The van der Waals surface area contributed by atoms with Crippen LogP contribution in [0.1, 0.15) is 37.1 Å². The Morgan fingerprint density at radius 1 is 1.15 bits per heavy atom. The first-order valence-corrected chi connectivity index (χ1v) is 8.70. The van der Waals surface area contributed by atoms with Gasteiger partial charge >= 0.3 is 6.03 Å². The van der Waals surface area contributed by atoms with Gasteiger partial charge in [0.25, 0.3) is 0 Å². The summed E-state index contributed by atoms with van der Waals surface area (Å²) in [6.45, 7) is 3.71. The minimum Gasteiger partial charge on any atom is -0.331 e. The van der Waals surface area contributed by atoms with E-state index in [2.05, 4.69) is 15.4 Å². The summed E-state index contributed by atoms with van der Waals surface area (Å²) in [5.74, 6) is -0.329. The summed E-state index contributed by atoms with van der Waals surface area (Å²) in [4.78, 5) is 18.1. The van der Waals surface area contributed by atoms with Gasteiger partial charge in [-0.05, 0) is 37.6 Å². The van der Waals surface area contributed by atoms with E-state index in [1.807, 2.05) is 31.2 Å². The van der Waals surface area contributed by atoms with Crippen molar-refractivity contribution in [2.75, 3.05) is 7.05 Å². The lowest BCUT2D eigenvalue weighted by Crippen LogP contribution is -2.40. The maximum atomic E-state index is 13.9. The average Bonchev–Trinajstić information content (AvgIpc) is 3.22. The molecular formula is C20H22FN5O. The molecule has 2 atom stereocenters. The van der Waals surface area contributed by atoms with Crippen molar-refractivity contribution < 1.29 is 9.18 Å². The molecule has 0 saturated carbocycles. The SMILES string of the molecule is CC(NC(=O)N(C)C(C)c1ccc(-n2cncn2)cc1)c1ccccc1F. The van der Waals surface area contributed by atoms with Gasteiger partial charge < -0.3 is 10.2 Å². The predicted molar refractivity (Wildman–Crippen MR) is 101 cm³/mol. The summed E-state index contributed by atoms with van der Waals surface area (Å²) < 4.78 is 15.6. The monoisotopic (exact) mass is 367 g/mol. The van der Waals surface area contributed by atoms with Crippen molar-refractivity contribution in [1.29, 1.82) is 0 Å². The summed E-state index contributed by atoms with van der Waals surface area (Å²) in [5.41, 5.74) is 2.34. The minimum atomic E-state index is -0.428. The molecule has 0 saturated heterocycles. The Bertz CT molecular complexity index is 895. The maximum Gasteiger partial charge on any atom is 0.318 e. The number of hydrogen-bond acceptors (Lipinski definition) is 3. The number of halogens is 1. The van der Waals surface area contributed by atoms with E-state index in [1.54, 1.807) is 48.1 Å². The van der Waals surface area contributed by atoms with Gasteiger partial charge in [-0.2, -0.15) is 5.10 Å². The third-order valence-electron chi connectivity index (χ3n) is 4.67. The molecule has 140 valence electrons. The number of carbonyl (C=O) groups excluding carboxylic acids is 1. The number of nitrogens with zero attached hydrogens (tertiary/aromatic N) is 4. The molecule has 1 N–H and O–H groups in total. The number of benzene rings is 2. The molecule has 3 rings (SSSR count). The molecule has 3 aromatic rings. The highest BCUT2D eigenvalue weighted by Crippen LogP contribution is 2.22. The Balaban J connectivity index is 1.66. The second-order valence-electron chi connectivity index (χ2n) is 6.41. The summed E-state index contributed by atoms with van der Waals surface area (Å²) >= 11 is 0. The van der Waals surface area contributed by atoms with Gasteiger partial charge in [0.2, 0.25) is 0 Å². The van der Waals surface area contributed by atoms with Crippen LogP contribution >= 0.6 is 0 Å². The zero-order valence-electron chi connectivity index (χ0n) is 15.5. The van der Waals surface area contributed by atoms with Gasteiger partial charge in [0.05, 0.1) is 17.8 Å². The standard InChI is InChI=1S/C20H22FN5O/c1-14(18-6-4-5-7-19(18)21)24-20(27)25(3)15(2)16-8-10-17(11-9-16)26-13-22-12-23-26/h4-15H,1-3H3,(H,24,27). The molecule has 1 aromatic heterocycles. The van der Waals surface area contributed by atoms with Gasteiger partial charge in [0.1, 0.15) is 18.5 Å². The summed E-state index contributed by atoms with van der Waals surface area (Å²) in [7, 11) is 1.72. The van der Waals surface area contributed by atoms with Gasteiger partial charge in [-0.15, -0.1) is 0 Å². The molecule has 0 bridgehead atoms. The van der Waals surface area contributed by atoms with Crippen LogP contribution in [0, 0.1) is 5.82 Å². The number of nitrogens with one attached hydrogen (secondary N) is 1. The third kappa shape index (κ3) is 4.13. The van der Waals surface area contributed by atoms with E-state index in [1.165, 1.54) is 12.4 Å². The van der Waals surface area contributed by atoms with Crippen LogP contribution in [0.3, 0.4) is 0 Å². The fraction of sp³-hybridized carbons (Fsp3) is 0.250. The maximum absolute atomic E-state index is 13.9. The normalized spacial score (nSPS) is 13.0. The molecule has 6 nitrogen and oxygen atoms in total. The molecular weight excluding hydrogens is 345 g/mol. The lowest BCUT2D eigenvalue weighted by atomic mass is 10.1. The van der Waals surface area contributed by atoms with Crippen LogP contribution in [0.5, 0.6) is 0 Å². The molecule has 0 aliphatic carbocycles. The van der Waals surface area contributed by atoms with E-state index >= 15 is 0 Å². The molecule has 0 spiro atoms. The van der Waals surface area contributed by atoms with Crippen molar-refractivity contribution in [2.24, 2.45) is 0 Å². The fourth-order valence-corrected chi connectivity index (χ4v) is 2.84. The average molecular weight is 367 g/mol.